The Morgan fingerprint density at radius 3 is 1.04 bits per heavy atom. The van der Waals surface area contributed by atoms with E-state index in [1.807, 2.05) is 65.2 Å². The largest absolute Gasteiger partial charge is 0.416 e. The molecule has 0 N–H and O–H groups in total. The summed E-state index contributed by atoms with van der Waals surface area (Å²) in [6, 6.07) is 21.2. The van der Waals surface area contributed by atoms with Crippen molar-refractivity contribution in [1.82, 2.24) is 0 Å². The molecule has 1 saturated carbocycles. The van der Waals surface area contributed by atoms with E-state index in [2.05, 4.69) is 30.3 Å². The molecule has 0 bridgehead atoms. The van der Waals surface area contributed by atoms with Crippen LogP contribution in [0.1, 0.15) is 98.5 Å². The quantitative estimate of drug-likeness (QED) is 0.0591. The highest BCUT2D eigenvalue weighted by Gasteiger charge is 2.47. The number of carbonyl (C=O) groups is 1. The maximum absolute atomic E-state index is 14.2. The lowest BCUT2D eigenvalue weighted by atomic mass is 9.12. The van der Waals surface area contributed by atoms with Gasteiger partial charge in [0.15, 0.2) is 0 Å². The molecule has 9 rings (SSSR count). The molecule has 0 radical (unpaired) electrons. The molecule has 8 aromatic rings. The van der Waals surface area contributed by atoms with E-state index in [1.54, 1.807) is 0 Å². The Hall–Kier alpha value is -8.20. The molecule has 1 fully saturated rings. The lowest BCUT2D eigenvalue weighted by Gasteiger charge is -2.46. The molecular weight excluding hydrogens is 1250 g/mol. The van der Waals surface area contributed by atoms with E-state index in [1.165, 1.54) is 37.7 Å². The average molecular weight is 1290 g/mol. The molecule has 89 heavy (non-hydrogen) atoms. The average Bonchev–Trinajstić information content (AvgIpc) is 0.723. The Bertz CT molecular complexity index is 3410. The molecule has 7 aromatic carbocycles. The predicted molar refractivity (Wildman–Crippen MR) is 277 cm³/mol. The number of alkyl halides is 24. The summed E-state index contributed by atoms with van der Waals surface area (Å²) in [5.41, 5.74) is -27.1. The van der Waals surface area contributed by atoms with Crippen molar-refractivity contribution in [1.29, 1.82) is 0 Å². The second kappa shape index (κ2) is 24.3. The van der Waals surface area contributed by atoms with Crippen molar-refractivity contribution < 1.29 is 119 Å². The third-order valence-electron chi connectivity index (χ3n) is 14.9. The van der Waals surface area contributed by atoms with Crippen molar-refractivity contribution in [3.63, 3.8) is 0 Å². The van der Waals surface area contributed by atoms with Crippen LogP contribution in [-0.2, 0) is 56.0 Å². The number of halogens is 24. The highest BCUT2D eigenvalue weighted by molar-refractivity contribution is 7.20. The Kier molecular flexibility index (Phi) is 18.2. The van der Waals surface area contributed by atoms with Gasteiger partial charge in [-0.1, -0.05) is 122 Å². The molecule has 1 aliphatic carbocycles. The summed E-state index contributed by atoms with van der Waals surface area (Å²) < 4.78 is 349. The Labute approximate surface area is 488 Å². The van der Waals surface area contributed by atoms with Gasteiger partial charge in [-0.3, -0.25) is 4.79 Å². The lowest BCUT2D eigenvalue weighted by Crippen LogP contribution is -2.75. The highest BCUT2D eigenvalue weighted by Crippen LogP contribution is 2.42. The van der Waals surface area contributed by atoms with Crippen molar-refractivity contribution in [2.75, 3.05) is 0 Å². The van der Waals surface area contributed by atoms with Crippen LogP contribution in [0.4, 0.5) is 105 Å². The van der Waals surface area contributed by atoms with Crippen molar-refractivity contribution >= 4 is 44.7 Å². The summed E-state index contributed by atoms with van der Waals surface area (Å²) in [5, 5.41) is 1.08. The molecule has 0 spiro atoms. The van der Waals surface area contributed by atoms with E-state index in [0.29, 0.717) is 17.4 Å². The molecule has 0 saturated heterocycles. The van der Waals surface area contributed by atoms with Gasteiger partial charge in [-0.05, 0) is 72.9 Å². The van der Waals surface area contributed by atoms with Crippen molar-refractivity contribution in [3.8, 4) is 11.6 Å². The van der Waals surface area contributed by atoms with Gasteiger partial charge in [0.25, 0.3) is 0 Å². The van der Waals surface area contributed by atoms with Crippen LogP contribution in [0.3, 0.4) is 0 Å². The number of ketones is 1. The minimum Gasteiger partial charge on any atom is -0.405 e. The molecule has 1 heterocycles. The van der Waals surface area contributed by atoms with E-state index in [0.717, 1.165) is 16.7 Å². The summed E-state index contributed by atoms with van der Waals surface area (Å²) in [5.74, 6) is 2.19. The number of hydrogen-bond acceptors (Lipinski definition) is 2. The molecule has 1 aromatic heterocycles. The number of benzene rings is 7. The first-order valence-corrected chi connectivity index (χ1v) is 26.2. The molecule has 0 amide bonds. The zero-order valence-corrected chi connectivity index (χ0v) is 44.8. The van der Waals surface area contributed by atoms with Crippen LogP contribution in [-0.4, -0.2) is 11.9 Å². The normalized spacial score (nSPS) is 14.3. The SMILES string of the molecule is FC(F)(F)c1cc([B-](c2cc(C(F)(F)F)cc(C(F)(F)F)c2)(c2cc(C(F)(F)F)cc(C(F)(F)F)c2)c2cc(C(F)(F)F)cc(C(F)(F)F)c2)cc(C(F)(F)F)c1.O=C(C[n+]1c(Oc2ccc(C3CCCCC3)cc2)ccc2ccccc21)c1ccccc1. The summed E-state index contributed by atoms with van der Waals surface area (Å²) in [6.45, 7) is 0.223. The molecular formula is C61H40BF24NO2. The minimum atomic E-state index is -6.13. The Balaban J connectivity index is 0.000000267. The highest BCUT2D eigenvalue weighted by atomic mass is 19.4. The molecule has 0 unspecified atom stereocenters. The number of fused-ring (bicyclic) bond motifs is 1. The molecule has 3 nitrogen and oxygen atoms in total. The molecule has 1 aliphatic rings. The first-order valence-electron chi connectivity index (χ1n) is 26.2. The van der Waals surface area contributed by atoms with E-state index >= 15 is 0 Å². The van der Waals surface area contributed by atoms with Gasteiger partial charge in [-0.15, -0.1) is 0 Å². The second-order valence-corrected chi connectivity index (χ2v) is 20.8. The molecule has 472 valence electrons. The monoisotopic (exact) mass is 1290 g/mol. The summed E-state index contributed by atoms with van der Waals surface area (Å²) >= 11 is 0. The number of carbonyl (C=O) groups excluding carboxylic acids is 1. The fourth-order valence-corrected chi connectivity index (χ4v) is 10.8. The van der Waals surface area contributed by atoms with Gasteiger partial charge in [-0.25, -0.2) is 0 Å². The summed E-state index contributed by atoms with van der Waals surface area (Å²) in [6.07, 6.45) is -48.2. The molecule has 28 heteroatoms. The van der Waals surface area contributed by atoms with Crippen LogP contribution in [0.2, 0.25) is 0 Å². The topological polar surface area (TPSA) is 30.2 Å². The van der Waals surface area contributed by atoms with Crippen LogP contribution in [0.5, 0.6) is 11.6 Å². The van der Waals surface area contributed by atoms with Gasteiger partial charge >= 0.3 is 55.3 Å². The number of aromatic nitrogens is 1. The van der Waals surface area contributed by atoms with E-state index < -0.39 is 195 Å². The molecule has 0 aliphatic heterocycles. The predicted octanol–water partition coefficient (Wildman–Crippen LogP) is 18.1. The zero-order chi connectivity index (χ0) is 65.7. The van der Waals surface area contributed by atoms with Crippen LogP contribution in [0.15, 0.2) is 164 Å². The number of hydrogen-bond donors (Lipinski definition) is 0. The third-order valence-corrected chi connectivity index (χ3v) is 14.9. The number of nitrogens with zero attached hydrogens (tertiary/aromatic N) is 1. The summed E-state index contributed by atoms with van der Waals surface area (Å²) in [4.78, 5) is 13.0. The van der Waals surface area contributed by atoms with Crippen molar-refractivity contribution in [2.45, 2.75) is 94.0 Å². The lowest BCUT2D eigenvalue weighted by molar-refractivity contribution is -0.661. The van der Waals surface area contributed by atoms with Crippen molar-refractivity contribution in [2.24, 2.45) is 0 Å². The van der Waals surface area contributed by atoms with Gasteiger partial charge in [0.2, 0.25) is 17.8 Å². The molecule has 0 atom stereocenters. The number of ether oxygens (including phenoxy) is 1. The fraction of sp³-hybridized carbons (Fsp3) is 0.246. The van der Waals surface area contributed by atoms with Gasteiger partial charge in [0, 0.05) is 17.0 Å². The van der Waals surface area contributed by atoms with Crippen LogP contribution in [0.25, 0.3) is 10.9 Å². The first-order chi connectivity index (χ1) is 41.0. The number of rotatable bonds is 10. The zero-order valence-electron chi connectivity index (χ0n) is 44.8. The van der Waals surface area contributed by atoms with E-state index in [4.69, 9.17) is 4.74 Å². The van der Waals surface area contributed by atoms with Gasteiger partial charge in [-0.2, -0.15) is 132 Å². The second-order valence-electron chi connectivity index (χ2n) is 20.8. The number of Topliss-reactive ketones (excluding diaryl/α,β-unsaturated/α-hetero) is 1. The fourth-order valence-electron chi connectivity index (χ4n) is 10.8. The smallest absolute Gasteiger partial charge is 0.405 e. The van der Waals surface area contributed by atoms with Gasteiger partial charge in [0.05, 0.1) is 50.6 Å². The maximum Gasteiger partial charge on any atom is 0.416 e. The summed E-state index contributed by atoms with van der Waals surface area (Å²) in [7, 11) is 0. The standard InChI is InChI=1S/C32H12BF24.C29H28NO2/c34-25(35,36)13-1-14(26(37,38)39)6-21(5-13)33(22-7-15(27(40,41)42)2-16(8-22)28(43,44)45,23-9-17(29(46,47)48)3-18(10-23)30(49,50)51)24-11-19(31(52,53)54)4-20(12-24)32(55,56)57;31-28(25-12-5-2-6-13-25)21-30-27-14-8-7-11-24(27)17-20-29(30)32-26-18-15-23(16-19-26)22-9-3-1-4-10-22/h1-12H;2,5-8,11-20,22H,1,3-4,9-10,21H2/q-1;+1. The Morgan fingerprint density at radius 1 is 0.382 bits per heavy atom. The first kappa shape index (κ1) is 66.8. The van der Waals surface area contributed by atoms with Gasteiger partial charge in [0.1, 0.15) is 11.9 Å². The van der Waals surface area contributed by atoms with Crippen LogP contribution >= 0.6 is 0 Å². The Morgan fingerprint density at radius 2 is 0.708 bits per heavy atom. The van der Waals surface area contributed by atoms with E-state index in [9.17, 15) is 110 Å². The van der Waals surface area contributed by atoms with Gasteiger partial charge < -0.3 is 4.74 Å². The number of pyridine rings is 1. The third kappa shape index (κ3) is 15.3. The van der Waals surface area contributed by atoms with E-state index in [-0.39, 0.29) is 12.3 Å². The number of para-hydroxylation sites is 1. The van der Waals surface area contributed by atoms with Crippen LogP contribution in [0, 0.1) is 0 Å². The minimum absolute atomic E-state index is 0.0597. The maximum atomic E-state index is 14.2. The van der Waals surface area contributed by atoms with Crippen LogP contribution < -0.4 is 31.2 Å². The van der Waals surface area contributed by atoms with Crippen molar-refractivity contribution in [3.05, 3.63) is 219 Å².